The van der Waals surface area contributed by atoms with E-state index in [0.717, 1.165) is 0 Å². The minimum absolute atomic E-state index is 1.62. The molecule has 7 heteroatoms. The summed E-state index contributed by atoms with van der Waals surface area (Å²) in [4.78, 5) is 1.62. The fraction of sp³-hybridized carbons (Fsp3) is 0.667. The summed E-state index contributed by atoms with van der Waals surface area (Å²) in [5.74, 6) is 0. The van der Waals surface area contributed by atoms with Gasteiger partial charge in [0.2, 0.25) is 0 Å². The zero-order chi connectivity index (χ0) is 7.99. The van der Waals surface area contributed by atoms with Crippen molar-refractivity contribution < 1.29 is 26.7 Å². The van der Waals surface area contributed by atoms with E-state index in [4.69, 9.17) is 0 Å². The van der Waals surface area contributed by atoms with E-state index < -0.39 is 18.3 Å². The van der Waals surface area contributed by atoms with Gasteiger partial charge in [-0.15, -0.1) is 9.38 Å². The Morgan fingerprint density at radius 1 is 1.20 bits per heavy atom. The van der Waals surface area contributed by atoms with Crippen LogP contribution in [0.5, 0.6) is 0 Å². The lowest BCUT2D eigenvalue weighted by molar-refractivity contribution is -0.296. The van der Waals surface area contributed by atoms with Crippen LogP contribution in [0, 0.1) is 0 Å². The topological polar surface area (TPSA) is 21.6 Å². The first-order valence-corrected chi connectivity index (χ1v) is 2.05. The maximum Gasteiger partial charge on any atom is 0.491 e. The zero-order valence-electron chi connectivity index (χ0n) is 4.25. The molecule has 0 spiro atoms. The second-order valence-corrected chi connectivity index (χ2v) is 1.52. The molecule has 0 saturated heterocycles. The van der Waals surface area contributed by atoms with Crippen LogP contribution >= 0.6 is 0 Å². The summed E-state index contributed by atoms with van der Waals surface area (Å²) in [6.45, 7) is 0. The summed E-state index contributed by atoms with van der Waals surface area (Å²) in [6.07, 6.45) is -7.05. The maximum atomic E-state index is 11.7. The SMILES string of the molecule is FC1=NC(F)(F)C(F)(F)O1. The zero-order valence-corrected chi connectivity index (χ0v) is 4.25. The van der Waals surface area contributed by atoms with Gasteiger partial charge in [0.1, 0.15) is 0 Å². The van der Waals surface area contributed by atoms with E-state index in [9.17, 15) is 22.0 Å². The summed E-state index contributed by atoms with van der Waals surface area (Å²) in [6, 6.07) is -4.78. The summed E-state index contributed by atoms with van der Waals surface area (Å²) >= 11 is 0. The number of halogens is 5. The standard InChI is InChI=1S/C3F5NO/c4-1-9-2(5,6)3(7,8)10-1. The number of ether oxygens (including phenoxy) is 1. The molecule has 0 aliphatic carbocycles. The van der Waals surface area contributed by atoms with Crippen molar-refractivity contribution in [3.05, 3.63) is 0 Å². The summed E-state index contributed by atoms with van der Waals surface area (Å²) < 4.78 is 60.9. The smallest absolute Gasteiger partial charge is 0.385 e. The third kappa shape index (κ3) is 0.812. The number of rotatable bonds is 0. The Kier molecular flexibility index (Phi) is 1.15. The van der Waals surface area contributed by atoms with Crippen LogP contribution < -0.4 is 0 Å². The lowest BCUT2D eigenvalue weighted by Crippen LogP contribution is -2.35. The van der Waals surface area contributed by atoms with Crippen LogP contribution in [0.15, 0.2) is 4.99 Å². The number of hydrogen-bond donors (Lipinski definition) is 0. The van der Waals surface area contributed by atoms with Crippen molar-refractivity contribution in [3.63, 3.8) is 0 Å². The average molecular weight is 161 g/mol. The number of nitrogens with zero attached hydrogens (tertiary/aromatic N) is 1. The van der Waals surface area contributed by atoms with Crippen LogP contribution in [0.25, 0.3) is 0 Å². The molecule has 58 valence electrons. The van der Waals surface area contributed by atoms with Crippen molar-refractivity contribution in [1.82, 2.24) is 0 Å². The molecule has 0 bridgehead atoms. The molecule has 0 fully saturated rings. The third-order valence-electron chi connectivity index (χ3n) is 0.791. The minimum Gasteiger partial charge on any atom is -0.385 e. The van der Waals surface area contributed by atoms with Gasteiger partial charge in [0.25, 0.3) is 0 Å². The Balaban J connectivity index is 2.92. The van der Waals surface area contributed by atoms with E-state index in [1.54, 1.807) is 4.99 Å². The normalized spacial score (nSPS) is 27.5. The van der Waals surface area contributed by atoms with Gasteiger partial charge in [0, 0.05) is 0 Å². The molecule has 1 aliphatic heterocycles. The minimum atomic E-state index is -4.85. The first kappa shape index (κ1) is 7.23. The van der Waals surface area contributed by atoms with Crippen molar-refractivity contribution in [2.75, 3.05) is 0 Å². The van der Waals surface area contributed by atoms with Gasteiger partial charge >= 0.3 is 18.3 Å². The summed E-state index contributed by atoms with van der Waals surface area (Å²) in [5.41, 5.74) is 0. The molecular formula is C3F5NO. The number of aliphatic imine (C=N–C) groups is 1. The average Bonchev–Trinajstić information content (AvgIpc) is 1.73. The molecule has 0 unspecified atom stereocenters. The van der Waals surface area contributed by atoms with Crippen LogP contribution in [0.3, 0.4) is 0 Å². The maximum absolute atomic E-state index is 11.7. The van der Waals surface area contributed by atoms with Crippen molar-refractivity contribution in [2.24, 2.45) is 4.99 Å². The highest BCUT2D eigenvalue weighted by Crippen LogP contribution is 2.41. The number of hydrogen-bond acceptors (Lipinski definition) is 2. The second-order valence-electron chi connectivity index (χ2n) is 1.52. The molecule has 1 rings (SSSR count). The molecule has 0 aromatic heterocycles. The molecule has 0 N–H and O–H groups in total. The van der Waals surface area contributed by atoms with Gasteiger partial charge in [-0.05, 0) is 0 Å². The Bertz CT molecular complexity index is 187. The Morgan fingerprint density at radius 3 is 1.80 bits per heavy atom. The van der Waals surface area contributed by atoms with Crippen molar-refractivity contribution in [2.45, 2.75) is 12.2 Å². The molecular weight excluding hydrogens is 161 g/mol. The Labute approximate surface area is 51.3 Å². The molecule has 0 saturated carbocycles. The van der Waals surface area contributed by atoms with Crippen LogP contribution in [-0.4, -0.2) is 18.3 Å². The van der Waals surface area contributed by atoms with Gasteiger partial charge in [-0.2, -0.15) is 17.6 Å². The fourth-order valence-electron chi connectivity index (χ4n) is 0.365. The van der Waals surface area contributed by atoms with Crippen LogP contribution in [0.1, 0.15) is 0 Å². The fourth-order valence-corrected chi connectivity index (χ4v) is 0.365. The van der Waals surface area contributed by atoms with Crippen molar-refractivity contribution >= 4 is 6.15 Å². The van der Waals surface area contributed by atoms with E-state index in [0.29, 0.717) is 0 Å². The highest BCUT2D eigenvalue weighted by Gasteiger charge is 2.65. The molecule has 0 atom stereocenters. The highest BCUT2D eigenvalue weighted by molar-refractivity contribution is 5.68. The molecule has 0 aromatic rings. The van der Waals surface area contributed by atoms with E-state index in [1.807, 2.05) is 0 Å². The molecule has 0 amide bonds. The van der Waals surface area contributed by atoms with Gasteiger partial charge in [-0.25, -0.2) is 0 Å². The second kappa shape index (κ2) is 1.58. The first-order valence-electron chi connectivity index (χ1n) is 2.05. The highest BCUT2D eigenvalue weighted by atomic mass is 19.3. The summed E-state index contributed by atoms with van der Waals surface area (Å²) in [7, 11) is 0. The molecule has 10 heavy (non-hydrogen) atoms. The lowest BCUT2D eigenvalue weighted by Gasteiger charge is -2.12. The van der Waals surface area contributed by atoms with Crippen molar-refractivity contribution in [1.29, 1.82) is 0 Å². The largest absolute Gasteiger partial charge is 0.491 e. The predicted octanol–water partition coefficient (Wildman–Crippen LogP) is 1.53. The summed E-state index contributed by atoms with van der Waals surface area (Å²) in [5, 5.41) is 0. The van der Waals surface area contributed by atoms with E-state index in [-0.39, 0.29) is 0 Å². The molecule has 1 aliphatic rings. The molecule has 0 aromatic carbocycles. The van der Waals surface area contributed by atoms with E-state index in [2.05, 4.69) is 4.74 Å². The van der Waals surface area contributed by atoms with Gasteiger partial charge in [-0.3, -0.25) is 0 Å². The van der Waals surface area contributed by atoms with Crippen LogP contribution in [-0.2, 0) is 4.74 Å². The lowest BCUT2D eigenvalue weighted by atomic mass is 10.5. The van der Waals surface area contributed by atoms with Crippen LogP contribution in [0.2, 0.25) is 0 Å². The number of alkyl halides is 4. The predicted molar refractivity (Wildman–Crippen MR) is 19.5 cm³/mol. The van der Waals surface area contributed by atoms with Crippen molar-refractivity contribution in [3.8, 4) is 0 Å². The third-order valence-corrected chi connectivity index (χ3v) is 0.791. The molecule has 2 nitrogen and oxygen atoms in total. The van der Waals surface area contributed by atoms with Gasteiger partial charge in [0.05, 0.1) is 0 Å². The molecule has 1 heterocycles. The molecule has 0 radical (unpaired) electrons. The van der Waals surface area contributed by atoms with Gasteiger partial charge < -0.3 is 4.74 Å². The van der Waals surface area contributed by atoms with E-state index in [1.165, 1.54) is 0 Å². The quantitative estimate of drug-likeness (QED) is 0.390. The van der Waals surface area contributed by atoms with Gasteiger partial charge in [0.15, 0.2) is 0 Å². The van der Waals surface area contributed by atoms with Gasteiger partial charge in [-0.1, -0.05) is 0 Å². The Hall–Kier alpha value is -0.880. The Morgan fingerprint density at radius 2 is 1.70 bits per heavy atom. The first-order chi connectivity index (χ1) is 4.35. The van der Waals surface area contributed by atoms with E-state index >= 15 is 0 Å². The van der Waals surface area contributed by atoms with Crippen LogP contribution in [0.4, 0.5) is 22.0 Å². The monoisotopic (exact) mass is 161 g/mol.